The Morgan fingerprint density at radius 3 is 2.93 bits per heavy atom. The molecule has 148 valence electrons. The van der Waals surface area contributed by atoms with Gasteiger partial charge in [0.05, 0.1) is 10.7 Å². The third kappa shape index (κ3) is 3.31. The topological polar surface area (TPSA) is 94.2 Å². The highest BCUT2D eigenvalue weighted by Crippen LogP contribution is 2.43. The first-order chi connectivity index (χ1) is 14.0. The summed E-state index contributed by atoms with van der Waals surface area (Å²) in [4.78, 5) is 34.5. The second-order valence-electron chi connectivity index (χ2n) is 7.66. The van der Waals surface area contributed by atoms with Gasteiger partial charge in [-0.15, -0.1) is 11.3 Å². The molecule has 0 saturated heterocycles. The molecule has 8 nitrogen and oxygen atoms in total. The lowest BCUT2D eigenvalue weighted by atomic mass is 10.1. The van der Waals surface area contributed by atoms with E-state index in [4.69, 9.17) is 4.98 Å². The minimum atomic E-state index is -0.309. The highest BCUT2D eigenvalue weighted by Gasteiger charge is 2.29. The molecular weight excluding hydrogens is 388 g/mol. The van der Waals surface area contributed by atoms with Gasteiger partial charge in [0.25, 0.3) is 5.56 Å². The number of hydrogen-bond donors (Lipinski definition) is 1. The molecule has 1 aliphatic rings. The summed E-state index contributed by atoms with van der Waals surface area (Å²) in [7, 11) is 0. The lowest BCUT2D eigenvalue weighted by molar-refractivity contribution is -0.117. The number of carbonyl (C=O) groups is 1. The van der Waals surface area contributed by atoms with Crippen molar-refractivity contribution >= 4 is 38.8 Å². The number of rotatable bonds is 5. The van der Waals surface area contributed by atoms with Crippen LogP contribution in [0.15, 0.2) is 35.5 Å². The summed E-state index contributed by atoms with van der Waals surface area (Å²) in [5.41, 5.74) is 2.56. The van der Waals surface area contributed by atoms with Gasteiger partial charge in [-0.2, -0.15) is 5.10 Å². The van der Waals surface area contributed by atoms with E-state index in [1.54, 1.807) is 18.3 Å². The monoisotopic (exact) mass is 408 g/mol. The second-order valence-corrected chi connectivity index (χ2v) is 8.69. The van der Waals surface area contributed by atoms with Crippen molar-refractivity contribution in [3.05, 3.63) is 51.8 Å². The molecule has 0 aromatic carbocycles. The van der Waals surface area contributed by atoms with E-state index in [0.717, 1.165) is 29.2 Å². The normalized spacial score (nSPS) is 14.2. The van der Waals surface area contributed by atoms with Crippen molar-refractivity contribution in [3.8, 4) is 0 Å². The Balaban J connectivity index is 1.46. The van der Waals surface area contributed by atoms with Gasteiger partial charge < -0.3 is 9.72 Å². The third-order valence-electron chi connectivity index (χ3n) is 4.99. The van der Waals surface area contributed by atoms with Crippen molar-refractivity contribution in [1.29, 1.82) is 0 Å². The number of amides is 1. The van der Waals surface area contributed by atoms with Crippen LogP contribution in [0.4, 0.5) is 5.69 Å². The van der Waals surface area contributed by atoms with Crippen LogP contribution in [0.5, 0.6) is 0 Å². The van der Waals surface area contributed by atoms with Crippen molar-refractivity contribution in [2.75, 3.05) is 5.32 Å². The first kappa shape index (κ1) is 18.0. The average Bonchev–Trinajstić information content (AvgIpc) is 3.26. The molecule has 1 aliphatic carbocycles. The van der Waals surface area contributed by atoms with Gasteiger partial charge >= 0.3 is 0 Å². The Morgan fingerprint density at radius 2 is 2.17 bits per heavy atom. The summed E-state index contributed by atoms with van der Waals surface area (Å²) in [5.74, 6) is 0.266. The van der Waals surface area contributed by atoms with Crippen LogP contribution in [0.1, 0.15) is 49.2 Å². The zero-order valence-corrected chi connectivity index (χ0v) is 16.9. The Labute approximate surface area is 170 Å². The Morgan fingerprint density at radius 1 is 1.34 bits per heavy atom. The van der Waals surface area contributed by atoms with Gasteiger partial charge in [-0.1, -0.05) is 13.8 Å². The summed E-state index contributed by atoms with van der Waals surface area (Å²) in [5, 5.41) is 8.32. The van der Waals surface area contributed by atoms with E-state index < -0.39 is 0 Å². The first-order valence-electron chi connectivity index (χ1n) is 9.63. The quantitative estimate of drug-likeness (QED) is 0.547. The molecular formula is C20H20N6O2S. The maximum absolute atomic E-state index is 13.0. The molecule has 4 heterocycles. The van der Waals surface area contributed by atoms with Crippen LogP contribution >= 0.6 is 11.3 Å². The van der Waals surface area contributed by atoms with Gasteiger partial charge in [0.15, 0.2) is 0 Å². The molecule has 29 heavy (non-hydrogen) atoms. The van der Waals surface area contributed by atoms with E-state index in [-0.39, 0.29) is 23.9 Å². The van der Waals surface area contributed by atoms with Gasteiger partial charge in [-0.05, 0) is 24.8 Å². The Bertz CT molecular complexity index is 1300. The van der Waals surface area contributed by atoms with Crippen molar-refractivity contribution in [3.63, 3.8) is 0 Å². The van der Waals surface area contributed by atoms with Gasteiger partial charge in [0.2, 0.25) is 5.91 Å². The zero-order chi connectivity index (χ0) is 20.1. The van der Waals surface area contributed by atoms with Gasteiger partial charge in [0, 0.05) is 36.3 Å². The van der Waals surface area contributed by atoms with Gasteiger partial charge in [0.1, 0.15) is 22.4 Å². The molecule has 0 spiro atoms. The lowest BCUT2D eigenvalue weighted by Gasteiger charge is -2.11. The lowest BCUT2D eigenvalue weighted by Crippen LogP contribution is -2.30. The molecule has 1 fully saturated rings. The van der Waals surface area contributed by atoms with Gasteiger partial charge in [-0.25, -0.2) is 14.6 Å². The molecule has 0 unspecified atom stereocenters. The summed E-state index contributed by atoms with van der Waals surface area (Å²) >= 11 is 1.45. The fraction of sp³-hybridized carbons (Fsp3) is 0.350. The van der Waals surface area contributed by atoms with Crippen LogP contribution in [0, 0.1) is 0 Å². The molecule has 9 heteroatoms. The highest BCUT2D eigenvalue weighted by atomic mass is 32.1. The van der Waals surface area contributed by atoms with E-state index in [9.17, 15) is 9.59 Å². The van der Waals surface area contributed by atoms with Crippen molar-refractivity contribution in [1.82, 2.24) is 24.1 Å². The predicted molar refractivity (Wildman–Crippen MR) is 112 cm³/mol. The number of fused-ring (bicyclic) bond motifs is 2. The molecule has 5 rings (SSSR count). The number of anilines is 1. The number of nitrogens with zero attached hydrogens (tertiary/aromatic N) is 5. The van der Waals surface area contributed by atoms with E-state index in [1.165, 1.54) is 16.0 Å². The summed E-state index contributed by atoms with van der Waals surface area (Å²) < 4.78 is 3.71. The van der Waals surface area contributed by atoms with E-state index in [1.807, 2.05) is 30.6 Å². The molecule has 4 aromatic heterocycles. The number of aromatic nitrogens is 5. The summed E-state index contributed by atoms with van der Waals surface area (Å²) in [6, 6.07) is 3.57. The number of imidazole rings is 1. The minimum Gasteiger partial charge on any atom is -0.324 e. The molecule has 0 radical (unpaired) electrons. The van der Waals surface area contributed by atoms with Crippen molar-refractivity contribution in [2.45, 2.75) is 45.1 Å². The van der Waals surface area contributed by atoms with Crippen LogP contribution in [-0.2, 0) is 11.3 Å². The maximum Gasteiger partial charge on any atom is 0.286 e. The largest absolute Gasteiger partial charge is 0.324 e. The second kappa shape index (κ2) is 6.77. The molecule has 4 aromatic rings. The number of pyridine rings is 1. The van der Waals surface area contributed by atoms with E-state index in [2.05, 4.69) is 15.4 Å². The predicted octanol–water partition coefficient (Wildman–Crippen LogP) is 3.14. The fourth-order valence-electron chi connectivity index (χ4n) is 3.32. The zero-order valence-electron chi connectivity index (χ0n) is 16.1. The SMILES string of the molecule is CC(C)c1nn(CC(=O)Nc2ccn3ccnc3c2)c(=O)c2sc(C3CC3)nc12. The molecule has 1 saturated carbocycles. The third-order valence-corrected chi connectivity index (χ3v) is 6.20. The first-order valence-corrected chi connectivity index (χ1v) is 10.5. The highest BCUT2D eigenvalue weighted by molar-refractivity contribution is 7.18. The van der Waals surface area contributed by atoms with Crippen molar-refractivity contribution < 1.29 is 4.79 Å². The molecule has 0 aliphatic heterocycles. The Hall–Kier alpha value is -3.07. The standard InChI is InChI=1S/C20H20N6O2S/c1-11(2)16-17-18(29-19(23-17)12-3-4-12)20(28)26(24-16)10-15(27)22-13-5-7-25-8-6-21-14(25)9-13/h5-9,11-12H,3-4,10H2,1-2H3,(H,22,27). The average molecular weight is 408 g/mol. The van der Waals surface area contributed by atoms with E-state index in [0.29, 0.717) is 21.8 Å². The molecule has 1 N–H and O–H groups in total. The summed E-state index contributed by atoms with van der Waals surface area (Å²) in [6.45, 7) is 3.89. The number of carbonyl (C=O) groups excluding carboxylic acids is 1. The fourth-order valence-corrected chi connectivity index (χ4v) is 4.51. The van der Waals surface area contributed by atoms with Crippen LogP contribution in [-0.4, -0.2) is 30.1 Å². The molecule has 0 bridgehead atoms. The Kier molecular flexibility index (Phi) is 4.20. The van der Waals surface area contributed by atoms with Crippen molar-refractivity contribution in [2.24, 2.45) is 0 Å². The number of thiazole rings is 1. The molecule has 0 atom stereocenters. The maximum atomic E-state index is 13.0. The number of hydrogen-bond acceptors (Lipinski definition) is 6. The van der Waals surface area contributed by atoms with Crippen LogP contribution in [0.25, 0.3) is 15.9 Å². The van der Waals surface area contributed by atoms with Crippen LogP contribution in [0.2, 0.25) is 0 Å². The smallest absolute Gasteiger partial charge is 0.286 e. The van der Waals surface area contributed by atoms with Crippen LogP contribution in [0.3, 0.4) is 0 Å². The number of nitrogens with one attached hydrogen (secondary N) is 1. The van der Waals surface area contributed by atoms with E-state index >= 15 is 0 Å². The van der Waals surface area contributed by atoms with Gasteiger partial charge in [-0.3, -0.25) is 9.59 Å². The molecule has 1 amide bonds. The van der Waals surface area contributed by atoms with Crippen LogP contribution < -0.4 is 10.9 Å². The minimum absolute atomic E-state index is 0.101. The summed E-state index contributed by atoms with van der Waals surface area (Å²) in [6.07, 6.45) is 7.60.